The molecule has 2 nitrogen and oxygen atoms in total. The van der Waals surface area contributed by atoms with E-state index in [4.69, 9.17) is 4.74 Å². The van der Waals surface area contributed by atoms with Crippen LogP contribution < -0.4 is 5.32 Å². The molecule has 1 unspecified atom stereocenters. The van der Waals surface area contributed by atoms with Gasteiger partial charge in [0.2, 0.25) is 0 Å². The summed E-state index contributed by atoms with van der Waals surface area (Å²) in [5.74, 6) is 0. The zero-order valence-corrected chi connectivity index (χ0v) is 10.4. The number of rotatable bonds is 5. The lowest BCUT2D eigenvalue weighted by atomic mass is 9.94. The lowest BCUT2D eigenvalue weighted by molar-refractivity contribution is 0.176. The Labute approximate surface area is 93.4 Å². The highest BCUT2D eigenvalue weighted by Crippen LogP contribution is 2.25. The van der Waals surface area contributed by atoms with E-state index >= 15 is 0 Å². The predicted octanol–water partition coefficient (Wildman–Crippen LogP) is 3.02. The van der Waals surface area contributed by atoms with Crippen LogP contribution in [0.25, 0.3) is 0 Å². The minimum absolute atomic E-state index is 0.382. The van der Waals surface area contributed by atoms with Crippen LogP contribution in [0.1, 0.15) is 40.0 Å². The number of nitrogens with one attached hydrogen (secondary N) is 1. The van der Waals surface area contributed by atoms with E-state index in [1.54, 1.807) is 12.7 Å². The Morgan fingerprint density at radius 3 is 2.87 bits per heavy atom. The van der Waals surface area contributed by atoms with E-state index in [0.717, 1.165) is 13.0 Å². The minimum Gasteiger partial charge on any atom is -0.383 e. The Hall–Kier alpha value is -0.760. The van der Waals surface area contributed by atoms with Gasteiger partial charge in [0.15, 0.2) is 0 Å². The SMILES string of the molecule is CCC1=C(NC(C)COC)C(C)=CCC1. The van der Waals surface area contributed by atoms with Crippen molar-refractivity contribution in [3.05, 3.63) is 22.9 Å². The summed E-state index contributed by atoms with van der Waals surface area (Å²) in [7, 11) is 1.75. The largest absolute Gasteiger partial charge is 0.383 e. The average Bonchev–Trinajstić information content (AvgIpc) is 2.21. The molecule has 15 heavy (non-hydrogen) atoms. The van der Waals surface area contributed by atoms with Crippen LogP contribution in [0, 0.1) is 0 Å². The Bertz CT molecular complexity index is 266. The minimum atomic E-state index is 0.382. The third kappa shape index (κ3) is 3.38. The molecule has 1 aliphatic rings. The highest BCUT2D eigenvalue weighted by molar-refractivity contribution is 5.36. The summed E-state index contributed by atoms with van der Waals surface area (Å²) < 4.78 is 5.14. The van der Waals surface area contributed by atoms with Crippen LogP contribution in [-0.2, 0) is 4.74 Å². The van der Waals surface area contributed by atoms with Crippen LogP contribution in [0.3, 0.4) is 0 Å². The van der Waals surface area contributed by atoms with Crippen LogP contribution in [0.5, 0.6) is 0 Å². The summed E-state index contributed by atoms with van der Waals surface area (Å²) >= 11 is 0. The Kier molecular flexibility index (Phi) is 4.89. The number of hydrogen-bond donors (Lipinski definition) is 1. The molecule has 86 valence electrons. The van der Waals surface area contributed by atoms with Gasteiger partial charge in [-0.15, -0.1) is 0 Å². The molecule has 0 saturated carbocycles. The second-order valence-electron chi connectivity index (χ2n) is 4.26. The van der Waals surface area contributed by atoms with Crippen molar-refractivity contribution in [2.24, 2.45) is 0 Å². The monoisotopic (exact) mass is 209 g/mol. The van der Waals surface area contributed by atoms with Crippen molar-refractivity contribution in [2.45, 2.75) is 46.1 Å². The molecule has 0 bridgehead atoms. The van der Waals surface area contributed by atoms with E-state index < -0.39 is 0 Å². The zero-order valence-electron chi connectivity index (χ0n) is 10.4. The van der Waals surface area contributed by atoms with E-state index in [-0.39, 0.29) is 0 Å². The number of methoxy groups -OCH3 is 1. The van der Waals surface area contributed by atoms with Crippen molar-refractivity contribution in [2.75, 3.05) is 13.7 Å². The quantitative estimate of drug-likeness (QED) is 0.751. The first-order valence-corrected chi connectivity index (χ1v) is 5.83. The molecule has 1 aliphatic carbocycles. The number of hydrogen-bond acceptors (Lipinski definition) is 2. The van der Waals surface area contributed by atoms with Crippen molar-refractivity contribution in [1.29, 1.82) is 0 Å². The van der Waals surface area contributed by atoms with Crippen LogP contribution in [-0.4, -0.2) is 19.8 Å². The van der Waals surface area contributed by atoms with E-state index in [0.29, 0.717) is 6.04 Å². The summed E-state index contributed by atoms with van der Waals surface area (Å²) in [5.41, 5.74) is 4.30. The summed E-state index contributed by atoms with van der Waals surface area (Å²) in [6, 6.07) is 0.382. The molecule has 0 saturated heterocycles. The predicted molar refractivity (Wildman–Crippen MR) is 64.8 cm³/mol. The van der Waals surface area contributed by atoms with Gasteiger partial charge in [-0.2, -0.15) is 0 Å². The molecule has 0 aromatic rings. The highest BCUT2D eigenvalue weighted by Gasteiger charge is 2.13. The Morgan fingerprint density at radius 2 is 2.27 bits per heavy atom. The van der Waals surface area contributed by atoms with Gasteiger partial charge in [-0.05, 0) is 44.3 Å². The lowest BCUT2D eigenvalue weighted by Gasteiger charge is -2.24. The third-order valence-corrected chi connectivity index (χ3v) is 2.88. The fourth-order valence-electron chi connectivity index (χ4n) is 2.08. The molecule has 2 heteroatoms. The van der Waals surface area contributed by atoms with E-state index in [1.165, 1.54) is 24.1 Å². The molecule has 0 amide bonds. The number of ether oxygens (including phenoxy) is 1. The first-order valence-electron chi connectivity index (χ1n) is 5.83. The molecule has 0 heterocycles. The van der Waals surface area contributed by atoms with Gasteiger partial charge in [0.1, 0.15) is 0 Å². The molecule has 0 fully saturated rings. The zero-order chi connectivity index (χ0) is 11.3. The maximum absolute atomic E-state index is 5.14. The molecular formula is C13H23NO. The van der Waals surface area contributed by atoms with Crippen LogP contribution in [0.2, 0.25) is 0 Å². The van der Waals surface area contributed by atoms with Crippen LogP contribution in [0.15, 0.2) is 22.9 Å². The Morgan fingerprint density at radius 1 is 1.53 bits per heavy atom. The molecular weight excluding hydrogens is 186 g/mol. The van der Waals surface area contributed by atoms with Crippen molar-refractivity contribution >= 4 is 0 Å². The topological polar surface area (TPSA) is 21.3 Å². The molecule has 1 atom stereocenters. The molecule has 0 radical (unpaired) electrons. The van der Waals surface area contributed by atoms with Crippen molar-refractivity contribution in [1.82, 2.24) is 5.32 Å². The lowest BCUT2D eigenvalue weighted by Crippen LogP contribution is -2.31. The normalized spacial score (nSPS) is 18.8. The van der Waals surface area contributed by atoms with Gasteiger partial charge >= 0.3 is 0 Å². The first-order chi connectivity index (χ1) is 7.19. The second-order valence-corrected chi connectivity index (χ2v) is 4.26. The third-order valence-electron chi connectivity index (χ3n) is 2.88. The van der Waals surface area contributed by atoms with E-state index in [2.05, 4.69) is 32.2 Å². The fourth-order valence-corrected chi connectivity index (χ4v) is 2.08. The Balaban J connectivity index is 2.70. The van der Waals surface area contributed by atoms with Gasteiger partial charge in [-0.1, -0.05) is 13.0 Å². The van der Waals surface area contributed by atoms with Gasteiger partial charge in [-0.25, -0.2) is 0 Å². The van der Waals surface area contributed by atoms with Crippen LogP contribution >= 0.6 is 0 Å². The molecule has 0 aromatic heterocycles. The summed E-state index contributed by atoms with van der Waals surface area (Å²) in [6.07, 6.45) is 5.86. The number of allylic oxidation sites excluding steroid dienone is 3. The van der Waals surface area contributed by atoms with Crippen molar-refractivity contribution in [3.8, 4) is 0 Å². The van der Waals surface area contributed by atoms with Crippen molar-refractivity contribution in [3.63, 3.8) is 0 Å². The summed E-state index contributed by atoms with van der Waals surface area (Å²) in [4.78, 5) is 0. The highest BCUT2D eigenvalue weighted by atomic mass is 16.5. The van der Waals surface area contributed by atoms with Crippen LogP contribution in [0.4, 0.5) is 0 Å². The van der Waals surface area contributed by atoms with E-state index in [1.807, 2.05) is 0 Å². The summed E-state index contributed by atoms with van der Waals surface area (Å²) in [6.45, 7) is 7.34. The van der Waals surface area contributed by atoms with Gasteiger partial charge in [0.25, 0.3) is 0 Å². The molecule has 0 spiro atoms. The molecule has 1 N–H and O–H groups in total. The fraction of sp³-hybridized carbons (Fsp3) is 0.692. The average molecular weight is 209 g/mol. The molecule has 1 rings (SSSR count). The van der Waals surface area contributed by atoms with Gasteiger partial charge in [0, 0.05) is 18.8 Å². The van der Waals surface area contributed by atoms with E-state index in [9.17, 15) is 0 Å². The standard InChI is InChI=1S/C13H23NO/c1-5-12-8-6-7-10(2)13(12)14-11(3)9-15-4/h7,11,14H,5-6,8-9H2,1-4H3. The van der Waals surface area contributed by atoms with Gasteiger partial charge in [-0.3, -0.25) is 0 Å². The van der Waals surface area contributed by atoms with Gasteiger partial charge < -0.3 is 10.1 Å². The second kappa shape index (κ2) is 5.96. The van der Waals surface area contributed by atoms with Crippen molar-refractivity contribution < 1.29 is 4.74 Å². The van der Waals surface area contributed by atoms with Gasteiger partial charge in [0.05, 0.1) is 6.61 Å². The summed E-state index contributed by atoms with van der Waals surface area (Å²) in [5, 5.41) is 3.56. The first kappa shape index (κ1) is 12.3. The maximum atomic E-state index is 5.14. The molecule has 0 aliphatic heterocycles. The maximum Gasteiger partial charge on any atom is 0.0661 e. The molecule has 0 aromatic carbocycles. The smallest absolute Gasteiger partial charge is 0.0661 e.